The molecular formula is C22H28N4O. The standard InChI is InChI=1S/C22H28N4O/c1-13(2)26-20-9-16-14(3)7-6-8-15-11-24-25-19(15)12-23-18(16)10-17(20)22(4,5)21(26)27/h9-11,13,23H,3,6-8,12H2,1-2,4-5H3,(H,24,25). The van der Waals surface area contributed by atoms with Crippen LogP contribution in [-0.4, -0.2) is 22.1 Å². The normalized spacial score (nSPS) is 18.8. The molecule has 1 aromatic heterocycles. The van der Waals surface area contributed by atoms with E-state index in [1.54, 1.807) is 0 Å². The molecule has 4 rings (SSSR count). The van der Waals surface area contributed by atoms with E-state index in [-0.39, 0.29) is 11.9 Å². The van der Waals surface area contributed by atoms with Gasteiger partial charge in [0.1, 0.15) is 0 Å². The number of fused-ring (bicyclic) bond motifs is 3. The van der Waals surface area contributed by atoms with E-state index in [4.69, 9.17) is 0 Å². The molecule has 1 aromatic carbocycles. The van der Waals surface area contributed by atoms with Gasteiger partial charge >= 0.3 is 0 Å². The first kappa shape index (κ1) is 17.8. The Hall–Kier alpha value is -2.56. The molecule has 0 atom stereocenters. The Labute approximate surface area is 160 Å². The molecule has 27 heavy (non-hydrogen) atoms. The Morgan fingerprint density at radius 1 is 1.26 bits per heavy atom. The van der Waals surface area contributed by atoms with Gasteiger partial charge in [-0.2, -0.15) is 5.10 Å². The van der Waals surface area contributed by atoms with E-state index in [1.807, 2.05) is 24.9 Å². The molecule has 5 nitrogen and oxygen atoms in total. The second-order valence-corrected chi connectivity index (χ2v) is 8.49. The summed E-state index contributed by atoms with van der Waals surface area (Å²) in [4.78, 5) is 15.0. The summed E-state index contributed by atoms with van der Waals surface area (Å²) in [6.07, 6.45) is 4.89. The molecule has 0 aliphatic carbocycles. The van der Waals surface area contributed by atoms with E-state index < -0.39 is 5.41 Å². The summed E-state index contributed by atoms with van der Waals surface area (Å²) >= 11 is 0. The van der Waals surface area contributed by atoms with Gasteiger partial charge < -0.3 is 10.2 Å². The highest BCUT2D eigenvalue weighted by molar-refractivity contribution is 6.09. The molecule has 2 aliphatic rings. The molecular weight excluding hydrogens is 336 g/mol. The number of hydrogen-bond donors (Lipinski definition) is 2. The fourth-order valence-electron chi connectivity index (χ4n) is 4.28. The maximum atomic E-state index is 13.1. The second kappa shape index (κ2) is 6.25. The highest BCUT2D eigenvalue weighted by Gasteiger charge is 2.45. The molecule has 142 valence electrons. The number of allylic oxidation sites excluding steroid dienone is 1. The molecule has 2 aromatic rings. The van der Waals surface area contributed by atoms with Crippen molar-refractivity contribution >= 4 is 22.9 Å². The average molecular weight is 364 g/mol. The molecule has 3 heterocycles. The van der Waals surface area contributed by atoms with Crippen LogP contribution in [0.25, 0.3) is 5.57 Å². The highest BCUT2D eigenvalue weighted by Crippen LogP contribution is 2.46. The number of nitrogens with zero attached hydrogens (tertiary/aromatic N) is 2. The van der Waals surface area contributed by atoms with Crippen LogP contribution in [0.15, 0.2) is 24.9 Å². The third kappa shape index (κ3) is 2.76. The van der Waals surface area contributed by atoms with E-state index in [1.165, 1.54) is 5.56 Å². The van der Waals surface area contributed by atoms with E-state index in [9.17, 15) is 4.79 Å². The van der Waals surface area contributed by atoms with Crippen molar-refractivity contribution in [1.82, 2.24) is 10.2 Å². The Morgan fingerprint density at radius 3 is 2.78 bits per heavy atom. The van der Waals surface area contributed by atoms with Gasteiger partial charge in [0.2, 0.25) is 5.91 Å². The quantitative estimate of drug-likeness (QED) is 0.788. The van der Waals surface area contributed by atoms with Gasteiger partial charge in [0.05, 0.1) is 23.9 Å². The van der Waals surface area contributed by atoms with Gasteiger partial charge in [-0.25, -0.2) is 0 Å². The Balaban J connectivity index is 1.84. The summed E-state index contributed by atoms with van der Waals surface area (Å²) in [5.74, 6) is 0.168. The Morgan fingerprint density at radius 2 is 2.04 bits per heavy atom. The average Bonchev–Trinajstić information content (AvgIpc) is 3.13. The lowest BCUT2D eigenvalue weighted by atomic mass is 9.84. The van der Waals surface area contributed by atoms with Crippen molar-refractivity contribution in [2.24, 2.45) is 0 Å². The number of rotatable bonds is 1. The Bertz CT molecular complexity index is 922. The number of nitrogens with one attached hydrogen (secondary N) is 2. The number of anilines is 2. The Kier molecular flexibility index (Phi) is 4.13. The molecule has 1 amide bonds. The largest absolute Gasteiger partial charge is 0.379 e. The molecule has 2 aliphatic heterocycles. The van der Waals surface area contributed by atoms with Crippen LogP contribution >= 0.6 is 0 Å². The number of carbonyl (C=O) groups excluding carboxylic acids is 1. The minimum Gasteiger partial charge on any atom is -0.379 e. The molecule has 0 saturated heterocycles. The van der Waals surface area contributed by atoms with Crippen molar-refractivity contribution in [3.8, 4) is 0 Å². The first-order valence-corrected chi connectivity index (χ1v) is 9.76. The van der Waals surface area contributed by atoms with Crippen LogP contribution < -0.4 is 10.2 Å². The third-order valence-electron chi connectivity index (χ3n) is 5.91. The molecule has 0 saturated carbocycles. The van der Waals surface area contributed by atoms with Crippen molar-refractivity contribution in [3.63, 3.8) is 0 Å². The minimum absolute atomic E-state index is 0.129. The van der Waals surface area contributed by atoms with Crippen molar-refractivity contribution in [3.05, 3.63) is 47.3 Å². The summed E-state index contributed by atoms with van der Waals surface area (Å²) < 4.78 is 0. The fourth-order valence-corrected chi connectivity index (χ4v) is 4.28. The van der Waals surface area contributed by atoms with Crippen molar-refractivity contribution in [2.45, 2.75) is 65.0 Å². The summed E-state index contributed by atoms with van der Waals surface area (Å²) in [5, 5.41) is 10.9. The van der Waals surface area contributed by atoms with E-state index in [2.05, 4.69) is 48.1 Å². The SMILES string of the molecule is C=C1CCCc2cn[nH]c2CNc2cc3c(cc21)N(C(C)C)C(=O)C3(C)C. The number of benzene rings is 1. The van der Waals surface area contributed by atoms with Gasteiger partial charge in [-0.1, -0.05) is 6.58 Å². The van der Waals surface area contributed by atoms with Crippen LogP contribution in [0.1, 0.15) is 62.9 Å². The maximum Gasteiger partial charge on any atom is 0.237 e. The predicted molar refractivity (Wildman–Crippen MR) is 110 cm³/mol. The molecule has 5 heteroatoms. The molecule has 0 radical (unpaired) electrons. The van der Waals surface area contributed by atoms with E-state index in [0.29, 0.717) is 6.54 Å². The first-order valence-electron chi connectivity index (χ1n) is 9.76. The zero-order chi connectivity index (χ0) is 19.3. The lowest BCUT2D eigenvalue weighted by molar-refractivity contribution is -0.122. The zero-order valence-corrected chi connectivity index (χ0v) is 16.6. The highest BCUT2D eigenvalue weighted by atomic mass is 16.2. The number of amides is 1. The summed E-state index contributed by atoms with van der Waals surface area (Å²) in [6.45, 7) is 13.2. The molecule has 0 spiro atoms. The van der Waals surface area contributed by atoms with Gasteiger partial charge in [-0.05, 0) is 75.8 Å². The minimum atomic E-state index is -0.522. The van der Waals surface area contributed by atoms with E-state index in [0.717, 1.165) is 53.0 Å². The van der Waals surface area contributed by atoms with Gasteiger partial charge in [0.15, 0.2) is 0 Å². The predicted octanol–water partition coefficient (Wildman–Crippen LogP) is 4.40. The van der Waals surface area contributed by atoms with Crippen LogP contribution in [0.4, 0.5) is 11.4 Å². The van der Waals surface area contributed by atoms with Crippen molar-refractivity contribution in [1.29, 1.82) is 0 Å². The van der Waals surface area contributed by atoms with Crippen LogP contribution in [0, 0.1) is 0 Å². The maximum absolute atomic E-state index is 13.1. The number of aryl methyl sites for hydroxylation is 1. The molecule has 2 N–H and O–H groups in total. The number of aromatic nitrogens is 2. The number of aromatic amines is 1. The molecule has 0 unspecified atom stereocenters. The van der Waals surface area contributed by atoms with Gasteiger partial charge in [0, 0.05) is 23.0 Å². The molecule has 0 bridgehead atoms. The van der Waals surface area contributed by atoms with Crippen LogP contribution in [0.5, 0.6) is 0 Å². The first-order chi connectivity index (χ1) is 12.8. The number of H-pyrrole nitrogens is 1. The summed E-state index contributed by atoms with van der Waals surface area (Å²) in [7, 11) is 0. The lowest BCUT2D eigenvalue weighted by Gasteiger charge is -2.24. The monoisotopic (exact) mass is 364 g/mol. The van der Waals surface area contributed by atoms with Gasteiger partial charge in [-0.15, -0.1) is 0 Å². The van der Waals surface area contributed by atoms with Crippen molar-refractivity contribution < 1.29 is 4.79 Å². The summed E-state index contributed by atoms with van der Waals surface area (Å²) in [6, 6.07) is 4.46. The van der Waals surface area contributed by atoms with Crippen LogP contribution in [0.2, 0.25) is 0 Å². The van der Waals surface area contributed by atoms with Gasteiger partial charge in [0.25, 0.3) is 0 Å². The van der Waals surface area contributed by atoms with Crippen LogP contribution in [-0.2, 0) is 23.2 Å². The van der Waals surface area contributed by atoms with Gasteiger partial charge in [-0.3, -0.25) is 9.89 Å². The summed E-state index contributed by atoms with van der Waals surface area (Å²) in [5.41, 5.74) is 7.28. The van der Waals surface area contributed by atoms with Crippen molar-refractivity contribution in [2.75, 3.05) is 10.2 Å². The number of hydrogen-bond acceptors (Lipinski definition) is 3. The third-order valence-corrected chi connectivity index (χ3v) is 5.91. The van der Waals surface area contributed by atoms with E-state index >= 15 is 0 Å². The number of carbonyl (C=O) groups is 1. The topological polar surface area (TPSA) is 61.0 Å². The lowest BCUT2D eigenvalue weighted by Crippen LogP contribution is -2.40. The smallest absolute Gasteiger partial charge is 0.237 e. The fraction of sp³-hybridized carbons (Fsp3) is 0.455. The zero-order valence-electron chi connectivity index (χ0n) is 16.6. The molecule has 0 fully saturated rings. The second-order valence-electron chi connectivity index (χ2n) is 8.49. The van der Waals surface area contributed by atoms with Crippen LogP contribution in [0.3, 0.4) is 0 Å².